The molecular weight excluding hydrogens is 703 g/mol. The number of anilines is 1. The summed E-state index contributed by atoms with van der Waals surface area (Å²) in [7, 11) is 3.44. The lowest BCUT2D eigenvalue weighted by molar-refractivity contribution is 0.0954. The first-order valence-corrected chi connectivity index (χ1v) is 17.8. The van der Waals surface area contributed by atoms with E-state index in [1.54, 1.807) is 23.1 Å². The lowest BCUT2D eigenvalue weighted by atomic mass is 9.98. The number of H-pyrrole nitrogens is 1. The maximum atomic E-state index is 15.0. The summed E-state index contributed by atoms with van der Waals surface area (Å²) in [6.45, 7) is 10.7. The molecule has 1 aliphatic rings. The maximum Gasteiger partial charge on any atom is 0.275 e. The molecule has 1 aliphatic heterocycles. The number of hydrogen-bond acceptors (Lipinski definition) is 6. The number of aromatic nitrogens is 4. The van der Waals surface area contributed by atoms with E-state index in [0.717, 1.165) is 60.9 Å². The van der Waals surface area contributed by atoms with Gasteiger partial charge in [-0.1, -0.05) is 29.3 Å². The fourth-order valence-corrected chi connectivity index (χ4v) is 8.05. The predicted octanol–water partition coefficient (Wildman–Crippen LogP) is 8.53. The van der Waals surface area contributed by atoms with E-state index in [1.807, 2.05) is 63.7 Å². The number of halogens is 2. The molecule has 0 saturated carbocycles. The quantitative estimate of drug-likeness (QED) is 0.113. The number of amides is 2. The van der Waals surface area contributed by atoms with Crippen LogP contribution < -0.4 is 19.9 Å². The van der Waals surface area contributed by atoms with Crippen molar-refractivity contribution in [1.82, 2.24) is 24.8 Å². The summed E-state index contributed by atoms with van der Waals surface area (Å²) in [5, 5.41) is 18.8. The van der Waals surface area contributed by atoms with E-state index in [2.05, 4.69) is 16.5 Å². The standard InChI is InChI=1S/C39H39Cl2N6O5/c1-19-15-24(16-20(2)34(19)41)52-14-8-9-25-26-10-11-28(40)33(32-22(4)43-45(6)23(32)5)36(26)47-21(3)18-46(39(49)37(25)47)30-12-13-31(51-7)27-17-29(38(48)44-50)42-35(27)30/h10-13,15-17,21H,8-9,14,18H2,1-7H3,(H2-,42,44,48,50)/q-1/t21-/m1/s1. The zero-order valence-corrected chi connectivity index (χ0v) is 31.5. The van der Waals surface area contributed by atoms with Crippen LogP contribution in [0, 0.1) is 32.9 Å². The topological polar surface area (TPSA) is 129 Å². The van der Waals surface area contributed by atoms with Gasteiger partial charge >= 0.3 is 0 Å². The van der Waals surface area contributed by atoms with Crippen LogP contribution in [0.1, 0.15) is 68.4 Å². The minimum absolute atomic E-state index is 0.0654. The molecule has 4 heterocycles. The van der Waals surface area contributed by atoms with Crippen LogP contribution in [0.4, 0.5) is 5.69 Å². The molecule has 2 amide bonds. The minimum Gasteiger partial charge on any atom is -0.759 e. The molecular formula is C39H39Cl2N6O5-. The van der Waals surface area contributed by atoms with Crippen molar-refractivity contribution in [2.45, 2.75) is 53.5 Å². The van der Waals surface area contributed by atoms with E-state index < -0.39 is 5.91 Å². The van der Waals surface area contributed by atoms with Gasteiger partial charge in [0.2, 0.25) is 0 Å². The van der Waals surface area contributed by atoms with Crippen LogP contribution in [0.5, 0.6) is 11.5 Å². The second kappa shape index (κ2) is 13.5. The summed E-state index contributed by atoms with van der Waals surface area (Å²) < 4.78 is 15.8. The molecule has 1 atom stereocenters. The highest BCUT2D eigenvalue weighted by atomic mass is 35.5. The van der Waals surface area contributed by atoms with Crippen LogP contribution in [0.2, 0.25) is 10.0 Å². The minimum atomic E-state index is -0.818. The van der Waals surface area contributed by atoms with Crippen molar-refractivity contribution in [3.63, 3.8) is 0 Å². The van der Waals surface area contributed by atoms with E-state index in [-0.39, 0.29) is 17.6 Å². The smallest absolute Gasteiger partial charge is 0.275 e. The van der Waals surface area contributed by atoms with Gasteiger partial charge in [-0.2, -0.15) is 5.10 Å². The first-order chi connectivity index (χ1) is 24.9. The number of aryl methyl sites for hydroxylation is 5. The number of aromatic amines is 1. The van der Waals surface area contributed by atoms with Gasteiger partial charge in [0, 0.05) is 52.3 Å². The van der Waals surface area contributed by atoms with Gasteiger partial charge < -0.3 is 34.6 Å². The molecule has 3 aromatic carbocycles. The Labute approximate surface area is 311 Å². The normalized spacial score (nSPS) is 14.4. The zero-order chi connectivity index (χ0) is 37.2. The van der Waals surface area contributed by atoms with E-state index in [4.69, 9.17) is 37.8 Å². The number of nitrogens with zero attached hydrogens (tertiary/aromatic N) is 4. The van der Waals surface area contributed by atoms with E-state index in [9.17, 15) is 10.0 Å². The number of rotatable bonds is 9. The van der Waals surface area contributed by atoms with Gasteiger partial charge in [0.25, 0.3) is 11.8 Å². The number of hydroxylamine groups is 1. The molecule has 52 heavy (non-hydrogen) atoms. The maximum absolute atomic E-state index is 15.0. The molecule has 0 fully saturated rings. The molecule has 0 saturated heterocycles. The Kier molecular flexibility index (Phi) is 9.23. The summed E-state index contributed by atoms with van der Waals surface area (Å²) in [5.74, 6) is 0.225. The van der Waals surface area contributed by atoms with Crippen LogP contribution in [-0.2, 0) is 13.5 Å². The number of carbonyl (C=O) groups is 2. The number of hydrogen-bond donors (Lipinski definition) is 2. The molecule has 6 aromatic rings. The number of methoxy groups -OCH3 is 1. The fraction of sp³-hybridized carbons (Fsp3) is 0.308. The number of benzene rings is 3. The molecule has 2 N–H and O–H groups in total. The molecule has 3 aromatic heterocycles. The molecule has 7 rings (SSSR count). The number of fused-ring (bicyclic) bond motifs is 4. The van der Waals surface area contributed by atoms with Gasteiger partial charge in [0.15, 0.2) is 0 Å². The van der Waals surface area contributed by atoms with E-state index in [0.29, 0.717) is 59.0 Å². The van der Waals surface area contributed by atoms with E-state index in [1.165, 1.54) is 12.6 Å². The van der Waals surface area contributed by atoms with Gasteiger partial charge in [0.1, 0.15) is 22.9 Å². The average Bonchev–Trinajstić information content (AvgIpc) is 3.78. The van der Waals surface area contributed by atoms with Crippen molar-refractivity contribution >= 4 is 62.5 Å². The van der Waals surface area contributed by atoms with Crippen molar-refractivity contribution < 1.29 is 19.1 Å². The molecule has 13 heteroatoms. The SMILES string of the molecule is COc1ccc(N2C[C@@H](C)n3c(c(CCCOc4cc(C)c(Cl)c(C)c4)c4ccc(Cl)c(-c5c(C)nn(C)c5C)c43)C2=O)c2[nH]c(C(=O)N[O-])cc12. The van der Waals surface area contributed by atoms with Crippen molar-refractivity contribution in [3.05, 3.63) is 97.2 Å². The Balaban J connectivity index is 1.38. The largest absolute Gasteiger partial charge is 0.759 e. The van der Waals surface area contributed by atoms with Crippen LogP contribution in [-0.4, -0.2) is 51.4 Å². The van der Waals surface area contributed by atoms with Crippen molar-refractivity contribution in [2.75, 3.05) is 25.2 Å². The van der Waals surface area contributed by atoms with Crippen LogP contribution in [0.15, 0.2) is 42.5 Å². The first-order valence-electron chi connectivity index (χ1n) is 17.1. The third kappa shape index (κ3) is 5.67. The van der Waals surface area contributed by atoms with Gasteiger partial charge in [-0.3, -0.25) is 14.3 Å². The Bertz CT molecular complexity index is 2400. The molecule has 0 bridgehead atoms. The van der Waals surface area contributed by atoms with Gasteiger partial charge in [-0.15, -0.1) is 0 Å². The molecule has 270 valence electrons. The average molecular weight is 743 g/mol. The number of carbonyl (C=O) groups excluding carboxylic acids is 2. The van der Waals surface area contributed by atoms with Crippen LogP contribution in [0.3, 0.4) is 0 Å². The summed E-state index contributed by atoms with van der Waals surface area (Å²) in [5.41, 5.74) is 10.4. The predicted molar refractivity (Wildman–Crippen MR) is 205 cm³/mol. The third-order valence-corrected chi connectivity index (χ3v) is 11.1. The monoisotopic (exact) mass is 741 g/mol. The summed E-state index contributed by atoms with van der Waals surface area (Å²) in [6, 6.07) is 12.7. The number of ether oxygens (including phenoxy) is 2. The van der Waals surface area contributed by atoms with Crippen molar-refractivity contribution in [3.8, 4) is 22.6 Å². The summed E-state index contributed by atoms with van der Waals surface area (Å²) >= 11 is 13.5. The summed E-state index contributed by atoms with van der Waals surface area (Å²) in [6.07, 6.45) is 1.19. The van der Waals surface area contributed by atoms with Crippen molar-refractivity contribution in [2.24, 2.45) is 7.05 Å². The van der Waals surface area contributed by atoms with Crippen LogP contribution >= 0.6 is 23.2 Å². The second-order valence-electron chi connectivity index (χ2n) is 13.5. The van der Waals surface area contributed by atoms with Gasteiger partial charge in [0.05, 0.1) is 41.2 Å². The lowest BCUT2D eigenvalue weighted by Gasteiger charge is -2.34. The fourth-order valence-electron chi connectivity index (χ4n) is 7.70. The first kappa shape index (κ1) is 35.4. The molecule has 0 aliphatic carbocycles. The lowest BCUT2D eigenvalue weighted by Crippen LogP contribution is -2.42. The highest BCUT2D eigenvalue weighted by molar-refractivity contribution is 6.35. The summed E-state index contributed by atoms with van der Waals surface area (Å²) in [4.78, 5) is 32.2. The zero-order valence-electron chi connectivity index (χ0n) is 30.0. The van der Waals surface area contributed by atoms with Gasteiger partial charge in [-0.25, -0.2) is 0 Å². The highest BCUT2D eigenvalue weighted by Crippen LogP contribution is 2.46. The molecule has 0 spiro atoms. The van der Waals surface area contributed by atoms with E-state index >= 15 is 4.79 Å². The molecule has 0 radical (unpaired) electrons. The number of nitrogens with one attached hydrogen (secondary N) is 2. The van der Waals surface area contributed by atoms with Crippen LogP contribution in [0.25, 0.3) is 32.9 Å². The van der Waals surface area contributed by atoms with Gasteiger partial charge in [-0.05, 0) is 101 Å². The Morgan fingerprint density at radius 1 is 1.06 bits per heavy atom. The molecule has 0 unspecified atom stereocenters. The van der Waals surface area contributed by atoms with Crippen molar-refractivity contribution in [1.29, 1.82) is 0 Å². The highest BCUT2D eigenvalue weighted by Gasteiger charge is 2.37. The third-order valence-electron chi connectivity index (χ3n) is 10.1. The second-order valence-corrected chi connectivity index (χ2v) is 14.2. The Hall–Kier alpha value is -4.97. The molecule has 11 nitrogen and oxygen atoms in total. The Morgan fingerprint density at radius 2 is 1.79 bits per heavy atom. The Morgan fingerprint density at radius 3 is 2.44 bits per heavy atom.